The lowest BCUT2D eigenvalue weighted by molar-refractivity contribution is -0.202. The van der Waals surface area contributed by atoms with Crippen molar-refractivity contribution < 1.29 is 15.0 Å². The lowest BCUT2D eigenvalue weighted by atomic mass is 9.45. The maximum absolute atomic E-state index is 10.9. The van der Waals surface area contributed by atoms with E-state index in [1.54, 1.807) is 0 Å². The minimum atomic E-state index is -0.719. The summed E-state index contributed by atoms with van der Waals surface area (Å²) in [6, 6.07) is 0. The molecule has 2 N–H and O–H groups in total. The van der Waals surface area contributed by atoms with Crippen molar-refractivity contribution in [1.29, 1.82) is 0 Å². The van der Waals surface area contributed by atoms with Gasteiger partial charge in [-0.05, 0) is 74.5 Å². The highest BCUT2D eigenvalue weighted by Crippen LogP contribution is 2.62. The van der Waals surface area contributed by atoms with E-state index >= 15 is 0 Å². The van der Waals surface area contributed by atoms with Crippen LogP contribution in [0.5, 0.6) is 0 Å². The lowest BCUT2D eigenvalue weighted by Gasteiger charge is -2.61. The third-order valence-electron chi connectivity index (χ3n) is 6.40. The first-order valence-corrected chi connectivity index (χ1v) is 7.50. The highest BCUT2D eigenvalue weighted by molar-refractivity contribution is 5.71. The number of carboxylic acids is 1. The standard InChI is InChI=1S/C15H22O3/c16-14(17)12-6-15(18,7-12)13-10-2-8-1-9(4-10)5-11(13)3-8/h8-13,18H,1-7H2,(H,16,17). The second kappa shape index (κ2) is 3.50. The minimum absolute atomic E-state index is 0.285. The summed E-state index contributed by atoms with van der Waals surface area (Å²) in [7, 11) is 0. The van der Waals surface area contributed by atoms with Crippen LogP contribution in [0.4, 0.5) is 0 Å². The zero-order chi connectivity index (χ0) is 12.5. The number of hydrogen-bond donors (Lipinski definition) is 2. The molecule has 5 aliphatic rings. The van der Waals surface area contributed by atoms with E-state index in [1.165, 1.54) is 32.1 Å². The molecule has 0 aromatic carbocycles. The molecule has 3 heteroatoms. The highest BCUT2D eigenvalue weighted by atomic mass is 16.4. The van der Waals surface area contributed by atoms with Gasteiger partial charge in [0.25, 0.3) is 0 Å². The highest BCUT2D eigenvalue weighted by Gasteiger charge is 2.60. The fourth-order valence-electron chi connectivity index (χ4n) is 6.04. The Morgan fingerprint density at radius 3 is 1.89 bits per heavy atom. The van der Waals surface area contributed by atoms with Crippen molar-refractivity contribution in [2.45, 2.75) is 50.5 Å². The molecule has 0 aromatic rings. The van der Waals surface area contributed by atoms with Gasteiger partial charge in [0, 0.05) is 0 Å². The van der Waals surface area contributed by atoms with Crippen molar-refractivity contribution in [3.8, 4) is 0 Å². The van der Waals surface area contributed by atoms with Gasteiger partial charge in [-0.15, -0.1) is 0 Å². The van der Waals surface area contributed by atoms with Gasteiger partial charge in [-0.25, -0.2) is 0 Å². The zero-order valence-corrected chi connectivity index (χ0v) is 10.7. The predicted molar refractivity (Wildman–Crippen MR) is 65.8 cm³/mol. The Morgan fingerprint density at radius 2 is 1.44 bits per heavy atom. The summed E-state index contributed by atoms with van der Waals surface area (Å²) in [4.78, 5) is 10.9. The quantitative estimate of drug-likeness (QED) is 0.790. The summed E-state index contributed by atoms with van der Waals surface area (Å²) < 4.78 is 0. The Hall–Kier alpha value is -0.570. The van der Waals surface area contributed by atoms with E-state index in [-0.39, 0.29) is 5.92 Å². The molecule has 0 unspecified atom stereocenters. The molecule has 0 aliphatic heterocycles. The van der Waals surface area contributed by atoms with Gasteiger partial charge in [0.1, 0.15) is 0 Å². The second-order valence-corrected chi connectivity index (χ2v) is 7.50. The summed E-state index contributed by atoms with van der Waals surface area (Å²) in [5, 5.41) is 19.8. The van der Waals surface area contributed by atoms with Crippen molar-refractivity contribution in [3.63, 3.8) is 0 Å². The van der Waals surface area contributed by atoms with Crippen molar-refractivity contribution in [2.24, 2.45) is 35.5 Å². The van der Waals surface area contributed by atoms with Crippen LogP contribution >= 0.6 is 0 Å². The number of aliphatic carboxylic acids is 1. The average molecular weight is 250 g/mol. The van der Waals surface area contributed by atoms with Crippen LogP contribution in [-0.2, 0) is 4.79 Å². The number of carbonyl (C=O) groups is 1. The Bertz CT molecular complexity index is 355. The first-order valence-electron chi connectivity index (χ1n) is 7.50. The van der Waals surface area contributed by atoms with Crippen molar-refractivity contribution in [1.82, 2.24) is 0 Å². The molecule has 3 nitrogen and oxygen atoms in total. The van der Waals surface area contributed by atoms with Gasteiger partial charge in [0.05, 0.1) is 11.5 Å². The largest absolute Gasteiger partial charge is 0.481 e. The number of aliphatic hydroxyl groups is 1. The maximum atomic E-state index is 10.9. The summed E-state index contributed by atoms with van der Waals surface area (Å²) in [5.41, 5.74) is -0.633. The van der Waals surface area contributed by atoms with E-state index in [9.17, 15) is 9.90 Å². The SMILES string of the molecule is O=C(O)C1CC(O)(C2C3CC4CC(C3)CC2C4)C1. The lowest BCUT2D eigenvalue weighted by Crippen LogP contribution is -2.61. The molecule has 5 rings (SSSR count). The first-order chi connectivity index (χ1) is 8.55. The van der Waals surface area contributed by atoms with Gasteiger partial charge in [-0.1, -0.05) is 0 Å². The van der Waals surface area contributed by atoms with Gasteiger partial charge in [-0.3, -0.25) is 4.79 Å². The van der Waals surface area contributed by atoms with E-state index in [0.717, 1.165) is 11.8 Å². The fourth-order valence-corrected chi connectivity index (χ4v) is 6.04. The van der Waals surface area contributed by atoms with Crippen molar-refractivity contribution in [2.75, 3.05) is 0 Å². The van der Waals surface area contributed by atoms with Gasteiger partial charge in [-0.2, -0.15) is 0 Å². The molecular weight excluding hydrogens is 228 g/mol. The Morgan fingerprint density at radius 1 is 0.944 bits per heavy atom. The van der Waals surface area contributed by atoms with Crippen molar-refractivity contribution >= 4 is 5.97 Å². The molecule has 0 saturated heterocycles. The second-order valence-electron chi connectivity index (χ2n) is 7.50. The van der Waals surface area contributed by atoms with Crippen LogP contribution in [0.25, 0.3) is 0 Å². The maximum Gasteiger partial charge on any atom is 0.306 e. The molecule has 100 valence electrons. The smallest absolute Gasteiger partial charge is 0.306 e. The van der Waals surface area contributed by atoms with Crippen LogP contribution in [0.3, 0.4) is 0 Å². The zero-order valence-electron chi connectivity index (χ0n) is 10.7. The predicted octanol–water partition coefficient (Wildman–Crippen LogP) is 2.28. The van der Waals surface area contributed by atoms with Crippen LogP contribution in [-0.4, -0.2) is 21.8 Å². The van der Waals surface area contributed by atoms with E-state index in [4.69, 9.17) is 5.11 Å². The van der Waals surface area contributed by atoms with E-state index in [1.807, 2.05) is 0 Å². The van der Waals surface area contributed by atoms with E-state index in [0.29, 0.717) is 30.6 Å². The molecule has 0 atom stereocenters. The Labute approximate surface area is 108 Å². The van der Waals surface area contributed by atoms with Crippen LogP contribution in [0.15, 0.2) is 0 Å². The Kier molecular flexibility index (Phi) is 2.19. The molecule has 4 bridgehead atoms. The summed E-state index contributed by atoms with van der Waals surface area (Å²) in [6.07, 6.45) is 7.66. The molecule has 0 aromatic heterocycles. The van der Waals surface area contributed by atoms with E-state index < -0.39 is 11.6 Å². The normalized spacial score (nSPS) is 57.4. The van der Waals surface area contributed by atoms with Gasteiger partial charge < -0.3 is 10.2 Å². The third kappa shape index (κ3) is 1.43. The number of carboxylic acid groups (broad SMARTS) is 1. The van der Waals surface area contributed by atoms with Crippen LogP contribution in [0.2, 0.25) is 0 Å². The molecule has 5 fully saturated rings. The number of rotatable bonds is 2. The third-order valence-corrected chi connectivity index (χ3v) is 6.40. The number of hydrogen-bond acceptors (Lipinski definition) is 2. The van der Waals surface area contributed by atoms with Crippen molar-refractivity contribution in [3.05, 3.63) is 0 Å². The molecule has 18 heavy (non-hydrogen) atoms. The Balaban J connectivity index is 1.54. The molecule has 5 saturated carbocycles. The van der Waals surface area contributed by atoms with Crippen LogP contribution < -0.4 is 0 Å². The summed E-state index contributed by atoms with van der Waals surface area (Å²) in [6.45, 7) is 0. The molecule has 0 spiro atoms. The summed E-state index contributed by atoms with van der Waals surface area (Å²) >= 11 is 0. The molecule has 0 amide bonds. The van der Waals surface area contributed by atoms with E-state index in [2.05, 4.69) is 0 Å². The van der Waals surface area contributed by atoms with Gasteiger partial charge >= 0.3 is 5.97 Å². The van der Waals surface area contributed by atoms with Crippen LogP contribution in [0.1, 0.15) is 44.9 Å². The topological polar surface area (TPSA) is 57.5 Å². The first kappa shape index (κ1) is 11.3. The fraction of sp³-hybridized carbons (Fsp3) is 0.933. The van der Waals surface area contributed by atoms with Gasteiger partial charge in [0.15, 0.2) is 0 Å². The average Bonchev–Trinajstić information content (AvgIpc) is 2.23. The minimum Gasteiger partial charge on any atom is -0.481 e. The molecule has 0 radical (unpaired) electrons. The molecular formula is C15H22O3. The summed E-state index contributed by atoms with van der Waals surface area (Å²) in [5.74, 6) is 2.64. The molecule has 0 heterocycles. The van der Waals surface area contributed by atoms with Gasteiger partial charge in [0.2, 0.25) is 0 Å². The van der Waals surface area contributed by atoms with Crippen LogP contribution in [0, 0.1) is 35.5 Å². The molecule has 5 aliphatic carbocycles. The monoisotopic (exact) mass is 250 g/mol.